The minimum Gasteiger partial charge on any atom is -0.485 e. The van der Waals surface area contributed by atoms with Crippen LogP contribution in [0, 0.1) is 5.82 Å². The second-order valence-corrected chi connectivity index (χ2v) is 4.69. The van der Waals surface area contributed by atoms with Gasteiger partial charge in [-0.25, -0.2) is 4.39 Å². The molecule has 0 aliphatic heterocycles. The molecular formula is C16H16F3NO. The quantitative estimate of drug-likeness (QED) is 0.904. The minimum atomic E-state index is -3.48. The van der Waals surface area contributed by atoms with Crippen LogP contribution in [0.1, 0.15) is 24.2 Å². The Labute approximate surface area is 121 Å². The van der Waals surface area contributed by atoms with Crippen molar-refractivity contribution in [1.29, 1.82) is 0 Å². The van der Waals surface area contributed by atoms with Gasteiger partial charge in [-0.15, -0.1) is 0 Å². The van der Waals surface area contributed by atoms with Gasteiger partial charge in [0.05, 0.1) is 12.1 Å². The highest BCUT2D eigenvalue weighted by molar-refractivity contribution is 5.39. The van der Waals surface area contributed by atoms with Gasteiger partial charge in [-0.1, -0.05) is 36.4 Å². The lowest BCUT2D eigenvalue weighted by molar-refractivity contribution is -0.00161. The number of benzene rings is 2. The molecule has 0 spiro atoms. The summed E-state index contributed by atoms with van der Waals surface area (Å²) >= 11 is 0. The lowest BCUT2D eigenvalue weighted by atomic mass is 10.1. The highest BCUT2D eigenvalue weighted by Gasteiger charge is 2.36. The standard InChI is InChI=1S/C16H16F3NO/c1-11(12-6-3-2-4-7-12)21-14-9-5-8-13(17)15(14)16(18,19)10-20/h2-9,11H,10,20H2,1H3. The predicted octanol–water partition coefficient (Wildman–Crippen LogP) is 4.02. The molecule has 0 aliphatic rings. The maximum Gasteiger partial charge on any atom is 0.291 e. The first-order valence-corrected chi connectivity index (χ1v) is 6.54. The van der Waals surface area contributed by atoms with Gasteiger partial charge in [0.15, 0.2) is 0 Å². The van der Waals surface area contributed by atoms with Crippen LogP contribution in [-0.2, 0) is 5.92 Å². The molecule has 112 valence electrons. The topological polar surface area (TPSA) is 35.2 Å². The Hall–Kier alpha value is -2.01. The molecule has 0 aromatic heterocycles. The van der Waals surface area contributed by atoms with Crippen LogP contribution in [0.25, 0.3) is 0 Å². The molecule has 0 amide bonds. The number of ether oxygens (including phenoxy) is 1. The Morgan fingerprint density at radius 2 is 1.76 bits per heavy atom. The molecule has 0 aliphatic carbocycles. The molecule has 2 rings (SSSR count). The van der Waals surface area contributed by atoms with E-state index in [2.05, 4.69) is 0 Å². The number of halogens is 3. The number of hydrogen-bond donors (Lipinski definition) is 1. The van der Waals surface area contributed by atoms with Crippen LogP contribution in [0.3, 0.4) is 0 Å². The van der Waals surface area contributed by atoms with Crippen molar-refractivity contribution < 1.29 is 17.9 Å². The lowest BCUT2D eigenvalue weighted by Gasteiger charge is -2.22. The van der Waals surface area contributed by atoms with Crippen LogP contribution >= 0.6 is 0 Å². The molecule has 5 heteroatoms. The molecule has 0 saturated heterocycles. The smallest absolute Gasteiger partial charge is 0.291 e. The van der Waals surface area contributed by atoms with Crippen LogP contribution in [0.2, 0.25) is 0 Å². The van der Waals surface area contributed by atoms with Crippen molar-refractivity contribution in [3.05, 3.63) is 65.5 Å². The summed E-state index contributed by atoms with van der Waals surface area (Å²) in [4.78, 5) is 0. The highest BCUT2D eigenvalue weighted by atomic mass is 19.3. The fraction of sp³-hybridized carbons (Fsp3) is 0.250. The van der Waals surface area contributed by atoms with E-state index in [-0.39, 0.29) is 5.75 Å². The number of rotatable bonds is 5. The summed E-state index contributed by atoms with van der Waals surface area (Å²) in [5, 5.41) is 0. The fourth-order valence-electron chi connectivity index (χ4n) is 2.04. The zero-order valence-electron chi connectivity index (χ0n) is 11.5. The Kier molecular flexibility index (Phi) is 4.53. The zero-order valence-corrected chi connectivity index (χ0v) is 11.5. The van der Waals surface area contributed by atoms with Gasteiger partial charge in [0.25, 0.3) is 5.92 Å². The maximum atomic E-state index is 13.8. The normalized spacial score (nSPS) is 13.0. The van der Waals surface area contributed by atoms with E-state index in [1.165, 1.54) is 12.1 Å². The van der Waals surface area contributed by atoms with Crippen molar-refractivity contribution in [2.24, 2.45) is 5.73 Å². The molecule has 1 atom stereocenters. The third-order valence-corrected chi connectivity index (χ3v) is 3.17. The van der Waals surface area contributed by atoms with E-state index in [1.54, 1.807) is 6.92 Å². The third-order valence-electron chi connectivity index (χ3n) is 3.17. The third kappa shape index (κ3) is 3.36. The van der Waals surface area contributed by atoms with Gasteiger partial charge in [-0.2, -0.15) is 8.78 Å². The van der Waals surface area contributed by atoms with Crippen molar-refractivity contribution in [2.45, 2.75) is 19.0 Å². The van der Waals surface area contributed by atoms with Crippen molar-refractivity contribution in [3.8, 4) is 5.75 Å². The van der Waals surface area contributed by atoms with Gasteiger partial charge < -0.3 is 10.5 Å². The average molecular weight is 295 g/mol. The second-order valence-electron chi connectivity index (χ2n) is 4.69. The second kappa shape index (κ2) is 6.18. The van der Waals surface area contributed by atoms with Crippen molar-refractivity contribution in [3.63, 3.8) is 0 Å². The van der Waals surface area contributed by atoms with Gasteiger partial charge in [0, 0.05) is 0 Å². The van der Waals surface area contributed by atoms with Gasteiger partial charge in [-0.05, 0) is 24.6 Å². The molecule has 2 aromatic rings. The number of nitrogens with two attached hydrogens (primary N) is 1. The fourth-order valence-corrected chi connectivity index (χ4v) is 2.04. The van der Waals surface area contributed by atoms with E-state index in [0.717, 1.165) is 11.6 Å². The molecule has 2 N–H and O–H groups in total. The van der Waals surface area contributed by atoms with Crippen LogP contribution in [0.5, 0.6) is 5.75 Å². The first-order chi connectivity index (χ1) is 9.95. The van der Waals surface area contributed by atoms with Gasteiger partial charge in [-0.3, -0.25) is 0 Å². The number of hydrogen-bond acceptors (Lipinski definition) is 2. The van der Waals surface area contributed by atoms with E-state index in [0.29, 0.717) is 0 Å². The van der Waals surface area contributed by atoms with Crippen LogP contribution in [0.15, 0.2) is 48.5 Å². The summed E-state index contributed by atoms with van der Waals surface area (Å²) in [6.45, 7) is 0.731. The molecule has 21 heavy (non-hydrogen) atoms. The Bertz CT molecular complexity index is 602. The molecule has 1 unspecified atom stereocenters. The summed E-state index contributed by atoms with van der Waals surface area (Å²) < 4.78 is 46.9. The lowest BCUT2D eigenvalue weighted by Crippen LogP contribution is -2.27. The monoisotopic (exact) mass is 295 g/mol. The molecular weight excluding hydrogens is 279 g/mol. The summed E-state index contributed by atoms with van der Waals surface area (Å²) in [6.07, 6.45) is -0.486. The van der Waals surface area contributed by atoms with Crippen molar-refractivity contribution >= 4 is 0 Å². The summed E-state index contributed by atoms with van der Waals surface area (Å²) in [5.74, 6) is -4.69. The van der Waals surface area contributed by atoms with Crippen LogP contribution in [-0.4, -0.2) is 6.54 Å². The highest BCUT2D eigenvalue weighted by Crippen LogP contribution is 2.37. The van der Waals surface area contributed by atoms with Crippen molar-refractivity contribution in [2.75, 3.05) is 6.54 Å². The largest absolute Gasteiger partial charge is 0.485 e. The number of alkyl halides is 2. The van der Waals surface area contributed by atoms with E-state index in [9.17, 15) is 13.2 Å². The van der Waals surface area contributed by atoms with E-state index in [4.69, 9.17) is 10.5 Å². The molecule has 0 bridgehead atoms. The molecule has 0 radical (unpaired) electrons. The minimum absolute atomic E-state index is 0.193. The average Bonchev–Trinajstić information content (AvgIpc) is 2.48. The van der Waals surface area contributed by atoms with E-state index < -0.39 is 30.0 Å². The van der Waals surface area contributed by atoms with Gasteiger partial charge >= 0.3 is 0 Å². The summed E-state index contributed by atoms with van der Waals surface area (Å²) in [7, 11) is 0. The van der Waals surface area contributed by atoms with Gasteiger partial charge in [0.2, 0.25) is 0 Å². The maximum absolute atomic E-state index is 13.8. The Balaban J connectivity index is 2.35. The first kappa shape index (κ1) is 15.4. The summed E-state index contributed by atoms with van der Waals surface area (Å²) in [5.41, 5.74) is 5.06. The Morgan fingerprint density at radius 3 is 2.38 bits per heavy atom. The first-order valence-electron chi connectivity index (χ1n) is 6.54. The van der Waals surface area contributed by atoms with Crippen LogP contribution in [0.4, 0.5) is 13.2 Å². The summed E-state index contributed by atoms with van der Waals surface area (Å²) in [6, 6.07) is 12.7. The SMILES string of the molecule is CC(Oc1cccc(F)c1C(F)(F)CN)c1ccccc1. The van der Waals surface area contributed by atoms with Crippen molar-refractivity contribution in [1.82, 2.24) is 0 Å². The Morgan fingerprint density at radius 1 is 1.10 bits per heavy atom. The molecule has 0 fully saturated rings. The molecule has 2 nitrogen and oxygen atoms in total. The molecule has 0 heterocycles. The predicted molar refractivity (Wildman–Crippen MR) is 74.8 cm³/mol. The van der Waals surface area contributed by atoms with E-state index in [1.807, 2.05) is 30.3 Å². The molecule has 0 saturated carbocycles. The molecule has 2 aromatic carbocycles. The van der Waals surface area contributed by atoms with E-state index >= 15 is 0 Å². The van der Waals surface area contributed by atoms with Crippen LogP contribution < -0.4 is 10.5 Å². The van der Waals surface area contributed by atoms with Gasteiger partial charge in [0.1, 0.15) is 17.7 Å². The zero-order chi connectivity index (χ0) is 15.5.